The highest BCUT2D eigenvalue weighted by Crippen LogP contribution is 2.21. The van der Waals surface area contributed by atoms with Crippen LogP contribution in [-0.4, -0.2) is 17.4 Å². The van der Waals surface area contributed by atoms with Crippen LogP contribution in [0.5, 0.6) is 0 Å². The number of amides is 1. The molecule has 0 fully saturated rings. The van der Waals surface area contributed by atoms with Gasteiger partial charge in [-0.1, -0.05) is 44.7 Å². The molecule has 3 nitrogen and oxygen atoms in total. The summed E-state index contributed by atoms with van der Waals surface area (Å²) < 4.78 is 5.47. The molecule has 3 rings (SSSR count). The Bertz CT molecular complexity index is 657. The molecular weight excluding hydrogens is 298 g/mol. The molecule has 0 radical (unpaired) electrons. The largest absolute Gasteiger partial charge is 0.467 e. The topological polar surface area (TPSA) is 33.5 Å². The lowest BCUT2D eigenvalue weighted by Gasteiger charge is -2.26. The van der Waals surface area contributed by atoms with Gasteiger partial charge in [0.2, 0.25) is 0 Å². The van der Waals surface area contributed by atoms with E-state index in [1.807, 2.05) is 23.1 Å². The zero-order chi connectivity index (χ0) is 16.8. The smallest absolute Gasteiger partial charge is 0.254 e. The number of carbonyl (C=O) groups excluding carboxylic acids is 1. The molecule has 3 heteroatoms. The number of hydrogen-bond acceptors (Lipinski definition) is 2. The first-order valence-corrected chi connectivity index (χ1v) is 9.21. The summed E-state index contributed by atoms with van der Waals surface area (Å²) >= 11 is 0. The van der Waals surface area contributed by atoms with Crippen molar-refractivity contribution < 1.29 is 9.21 Å². The van der Waals surface area contributed by atoms with Crippen LogP contribution in [0.2, 0.25) is 0 Å². The van der Waals surface area contributed by atoms with E-state index in [9.17, 15) is 4.79 Å². The van der Waals surface area contributed by atoms with Crippen molar-refractivity contribution in [1.82, 2.24) is 4.90 Å². The minimum absolute atomic E-state index is 0.103. The fourth-order valence-corrected chi connectivity index (χ4v) is 3.34. The predicted molar refractivity (Wildman–Crippen MR) is 96.1 cm³/mol. The summed E-state index contributed by atoms with van der Waals surface area (Å²) in [5.74, 6) is 1.03. The summed E-state index contributed by atoms with van der Waals surface area (Å²) in [4.78, 5) is 14.5. The van der Waals surface area contributed by atoms with E-state index in [0.29, 0.717) is 6.54 Å². The molecule has 1 aliphatic heterocycles. The summed E-state index contributed by atoms with van der Waals surface area (Å²) in [5.41, 5.74) is 3.34. The van der Waals surface area contributed by atoms with Gasteiger partial charge in [-0.2, -0.15) is 0 Å². The van der Waals surface area contributed by atoms with Crippen LogP contribution >= 0.6 is 0 Å². The molecule has 0 spiro atoms. The van der Waals surface area contributed by atoms with E-state index in [0.717, 1.165) is 30.7 Å². The molecule has 24 heavy (non-hydrogen) atoms. The number of unbranched alkanes of at least 4 members (excludes halogenated alkanes) is 4. The van der Waals surface area contributed by atoms with Crippen molar-refractivity contribution in [2.45, 2.75) is 58.4 Å². The standard InChI is InChI=1S/C21H27NO2/c1-2-3-4-5-6-7-17-8-10-19(11-9-17)21(23)22-14-12-18-13-15-24-20(18)16-22/h8-11,13,15H,2-7,12,14,16H2,1H3. The molecule has 0 atom stereocenters. The first-order valence-electron chi connectivity index (χ1n) is 9.21. The van der Waals surface area contributed by atoms with Crippen molar-refractivity contribution >= 4 is 5.91 Å². The van der Waals surface area contributed by atoms with Crippen LogP contribution in [0.25, 0.3) is 0 Å². The van der Waals surface area contributed by atoms with E-state index in [-0.39, 0.29) is 5.91 Å². The van der Waals surface area contributed by atoms with Crippen LogP contribution in [0.15, 0.2) is 41.0 Å². The highest BCUT2D eigenvalue weighted by molar-refractivity contribution is 5.94. The van der Waals surface area contributed by atoms with Gasteiger partial charge in [0.1, 0.15) is 5.76 Å². The first kappa shape index (κ1) is 16.8. The van der Waals surface area contributed by atoms with E-state index >= 15 is 0 Å². The Balaban J connectivity index is 1.53. The Morgan fingerprint density at radius 2 is 1.88 bits per heavy atom. The molecule has 1 aromatic heterocycles. The fraction of sp³-hybridized carbons (Fsp3) is 0.476. The molecule has 0 bridgehead atoms. The van der Waals surface area contributed by atoms with Gasteiger partial charge in [-0.25, -0.2) is 0 Å². The third-order valence-electron chi connectivity index (χ3n) is 4.88. The lowest BCUT2D eigenvalue weighted by molar-refractivity contribution is 0.0720. The monoisotopic (exact) mass is 325 g/mol. The number of furan rings is 1. The van der Waals surface area contributed by atoms with E-state index in [1.165, 1.54) is 43.2 Å². The number of carbonyl (C=O) groups is 1. The van der Waals surface area contributed by atoms with Crippen LogP contribution in [0.4, 0.5) is 0 Å². The normalized spacial score (nSPS) is 13.8. The minimum Gasteiger partial charge on any atom is -0.467 e. The minimum atomic E-state index is 0.103. The molecule has 1 amide bonds. The van der Waals surface area contributed by atoms with Gasteiger partial charge in [-0.05, 0) is 48.6 Å². The summed E-state index contributed by atoms with van der Waals surface area (Å²) in [5, 5.41) is 0. The summed E-state index contributed by atoms with van der Waals surface area (Å²) in [6.07, 6.45) is 10.2. The SMILES string of the molecule is CCCCCCCc1ccc(C(=O)N2CCc3ccoc3C2)cc1. The second-order valence-corrected chi connectivity index (χ2v) is 6.71. The van der Waals surface area contributed by atoms with Crippen molar-refractivity contribution in [1.29, 1.82) is 0 Å². The molecule has 0 aliphatic carbocycles. The number of aryl methyl sites for hydroxylation is 1. The van der Waals surface area contributed by atoms with Crippen molar-refractivity contribution in [2.75, 3.05) is 6.54 Å². The maximum atomic E-state index is 12.7. The van der Waals surface area contributed by atoms with Crippen LogP contribution in [-0.2, 0) is 19.4 Å². The molecule has 2 heterocycles. The highest BCUT2D eigenvalue weighted by Gasteiger charge is 2.23. The molecule has 0 saturated heterocycles. The number of fused-ring (bicyclic) bond motifs is 1. The van der Waals surface area contributed by atoms with Crippen molar-refractivity contribution in [2.24, 2.45) is 0 Å². The Hall–Kier alpha value is -2.03. The predicted octanol–water partition coefficient (Wildman–Crippen LogP) is 4.99. The van der Waals surface area contributed by atoms with Crippen LogP contribution in [0.3, 0.4) is 0 Å². The molecule has 0 unspecified atom stereocenters. The molecule has 1 aromatic carbocycles. The summed E-state index contributed by atoms with van der Waals surface area (Å²) in [6, 6.07) is 10.2. The molecule has 0 N–H and O–H groups in total. The van der Waals surface area contributed by atoms with Crippen molar-refractivity contribution in [3.05, 3.63) is 59.0 Å². The van der Waals surface area contributed by atoms with E-state index in [1.54, 1.807) is 6.26 Å². The maximum Gasteiger partial charge on any atom is 0.254 e. The van der Waals surface area contributed by atoms with Gasteiger partial charge in [-0.3, -0.25) is 4.79 Å². The Morgan fingerprint density at radius 1 is 1.08 bits per heavy atom. The second-order valence-electron chi connectivity index (χ2n) is 6.71. The molecule has 128 valence electrons. The van der Waals surface area contributed by atoms with Crippen LogP contribution in [0, 0.1) is 0 Å². The van der Waals surface area contributed by atoms with Gasteiger partial charge in [0.15, 0.2) is 0 Å². The highest BCUT2D eigenvalue weighted by atomic mass is 16.3. The third-order valence-corrected chi connectivity index (χ3v) is 4.88. The van der Waals surface area contributed by atoms with Gasteiger partial charge in [-0.15, -0.1) is 0 Å². The number of nitrogens with zero attached hydrogens (tertiary/aromatic N) is 1. The average Bonchev–Trinajstić information content (AvgIpc) is 3.09. The van der Waals surface area contributed by atoms with Gasteiger partial charge >= 0.3 is 0 Å². The average molecular weight is 325 g/mol. The van der Waals surface area contributed by atoms with Gasteiger partial charge in [0, 0.05) is 12.1 Å². The zero-order valence-electron chi connectivity index (χ0n) is 14.6. The fourth-order valence-electron chi connectivity index (χ4n) is 3.34. The molecular formula is C21H27NO2. The second kappa shape index (κ2) is 8.18. The lowest BCUT2D eigenvalue weighted by atomic mass is 10.0. The van der Waals surface area contributed by atoms with Crippen molar-refractivity contribution in [3.63, 3.8) is 0 Å². The Kier molecular flexibility index (Phi) is 5.73. The maximum absolute atomic E-state index is 12.7. The number of rotatable bonds is 7. The first-order chi connectivity index (χ1) is 11.8. The Labute approximate surface area is 144 Å². The number of hydrogen-bond donors (Lipinski definition) is 0. The van der Waals surface area contributed by atoms with Gasteiger partial charge in [0.25, 0.3) is 5.91 Å². The quantitative estimate of drug-likeness (QED) is 0.672. The summed E-state index contributed by atoms with van der Waals surface area (Å²) in [6.45, 7) is 3.59. The molecule has 2 aromatic rings. The molecule has 1 aliphatic rings. The summed E-state index contributed by atoms with van der Waals surface area (Å²) in [7, 11) is 0. The van der Waals surface area contributed by atoms with Crippen LogP contribution < -0.4 is 0 Å². The van der Waals surface area contributed by atoms with E-state index in [4.69, 9.17) is 4.42 Å². The van der Waals surface area contributed by atoms with E-state index < -0.39 is 0 Å². The third kappa shape index (κ3) is 4.08. The van der Waals surface area contributed by atoms with Gasteiger partial charge < -0.3 is 9.32 Å². The molecule has 0 saturated carbocycles. The lowest BCUT2D eigenvalue weighted by Crippen LogP contribution is -2.35. The number of benzene rings is 1. The van der Waals surface area contributed by atoms with Crippen molar-refractivity contribution in [3.8, 4) is 0 Å². The van der Waals surface area contributed by atoms with E-state index in [2.05, 4.69) is 19.1 Å². The van der Waals surface area contributed by atoms with Gasteiger partial charge in [0.05, 0.1) is 12.8 Å². The Morgan fingerprint density at radius 3 is 2.67 bits per heavy atom. The van der Waals surface area contributed by atoms with Crippen LogP contribution in [0.1, 0.15) is 66.3 Å². The zero-order valence-corrected chi connectivity index (χ0v) is 14.6.